The molecule has 3 heterocycles. The summed E-state index contributed by atoms with van der Waals surface area (Å²) in [6.45, 7) is 2.80. The zero-order valence-corrected chi connectivity index (χ0v) is 20.7. The molecule has 0 bridgehead atoms. The zero-order chi connectivity index (χ0) is 24.3. The van der Waals surface area contributed by atoms with Crippen LogP contribution in [0.3, 0.4) is 0 Å². The molecule has 8 heteroatoms. The summed E-state index contributed by atoms with van der Waals surface area (Å²) in [5.41, 5.74) is 3.03. The van der Waals surface area contributed by atoms with Crippen molar-refractivity contribution in [1.29, 1.82) is 0 Å². The Morgan fingerprint density at radius 2 is 1.72 bits per heavy atom. The third kappa shape index (κ3) is 4.92. The largest absolute Gasteiger partial charge is 0.415 e. The van der Waals surface area contributed by atoms with Gasteiger partial charge in [0.1, 0.15) is 0 Å². The number of likely N-dealkylation sites (tertiary alicyclic amines) is 1. The molecular weight excluding hydrogens is 470 g/mol. The first-order valence-corrected chi connectivity index (χ1v) is 13.3. The van der Waals surface area contributed by atoms with Gasteiger partial charge in [0.2, 0.25) is 5.89 Å². The maximum Gasteiger partial charge on any atom is 0.277 e. The maximum absolute atomic E-state index is 13.4. The van der Waals surface area contributed by atoms with Crippen molar-refractivity contribution in [3.8, 4) is 0 Å². The first-order valence-electron chi connectivity index (χ1n) is 12.3. The Labute approximate surface area is 214 Å². The van der Waals surface area contributed by atoms with Crippen LogP contribution in [0.25, 0.3) is 10.8 Å². The molecule has 0 spiro atoms. The van der Waals surface area contributed by atoms with Crippen LogP contribution in [0.1, 0.15) is 42.3 Å². The van der Waals surface area contributed by atoms with Crippen LogP contribution in [0.15, 0.2) is 87.5 Å². The summed E-state index contributed by atoms with van der Waals surface area (Å²) >= 11 is 1.27. The number of hydrogen-bond donors (Lipinski definition) is 0. The van der Waals surface area contributed by atoms with E-state index in [1.165, 1.54) is 30.0 Å². The van der Waals surface area contributed by atoms with Crippen molar-refractivity contribution in [3.05, 3.63) is 89.8 Å². The lowest BCUT2D eigenvalue weighted by molar-refractivity contribution is -0.130. The lowest BCUT2D eigenvalue weighted by Crippen LogP contribution is -2.28. The molecule has 3 aromatic carbocycles. The predicted molar refractivity (Wildman–Crippen MR) is 141 cm³/mol. The fraction of sp³-hybridized carbons (Fsp3) is 0.286. The summed E-state index contributed by atoms with van der Waals surface area (Å²) in [6.07, 6.45) is 3.09. The topological polar surface area (TPSA) is 74.8 Å². The van der Waals surface area contributed by atoms with E-state index in [-0.39, 0.29) is 17.7 Å². The molecule has 1 atom stereocenters. The molecule has 2 aliphatic rings. The minimum Gasteiger partial charge on any atom is -0.415 e. The van der Waals surface area contributed by atoms with Crippen LogP contribution in [-0.2, 0) is 11.3 Å². The van der Waals surface area contributed by atoms with Crippen molar-refractivity contribution in [2.24, 2.45) is 5.10 Å². The number of fused-ring (bicyclic) bond motifs is 1. The highest BCUT2D eigenvalue weighted by Gasteiger charge is 2.33. The summed E-state index contributed by atoms with van der Waals surface area (Å²) in [5, 5.41) is 17.5. The molecule has 0 saturated carbocycles. The molecule has 1 saturated heterocycles. The molecule has 7 nitrogen and oxygen atoms in total. The third-order valence-corrected chi connectivity index (χ3v) is 7.56. The molecule has 36 heavy (non-hydrogen) atoms. The Hall–Kier alpha value is -3.49. The van der Waals surface area contributed by atoms with Crippen LogP contribution >= 0.6 is 11.8 Å². The number of hydrogen-bond acceptors (Lipinski definition) is 7. The highest BCUT2D eigenvalue weighted by atomic mass is 32.2. The SMILES string of the molecule is O=C(CSc1nnc(CN2CCCC2)o1)N1N=C(c2ccc3ccccc3c2)CC1c1ccccc1. The molecule has 2 aliphatic heterocycles. The van der Waals surface area contributed by atoms with Crippen molar-refractivity contribution < 1.29 is 9.21 Å². The second-order valence-electron chi connectivity index (χ2n) is 9.21. The van der Waals surface area contributed by atoms with E-state index in [2.05, 4.69) is 57.6 Å². The molecule has 0 aliphatic carbocycles. The number of nitrogens with zero attached hydrogens (tertiary/aromatic N) is 5. The number of carbonyl (C=O) groups excluding carboxylic acids is 1. The van der Waals surface area contributed by atoms with Crippen LogP contribution in [0.5, 0.6) is 0 Å². The van der Waals surface area contributed by atoms with Gasteiger partial charge in [-0.3, -0.25) is 9.69 Å². The lowest BCUT2D eigenvalue weighted by Gasteiger charge is -2.21. The van der Waals surface area contributed by atoms with Gasteiger partial charge in [-0.25, -0.2) is 5.01 Å². The lowest BCUT2D eigenvalue weighted by atomic mass is 9.97. The molecule has 6 rings (SSSR count). The number of thioether (sulfide) groups is 1. The van der Waals surface area contributed by atoms with Crippen molar-refractivity contribution >= 4 is 34.2 Å². The molecule has 1 unspecified atom stereocenters. The fourth-order valence-corrected chi connectivity index (χ4v) is 5.53. The van der Waals surface area contributed by atoms with Crippen LogP contribution in [0.4, 0.5) is 0 Å². The molecule has 182 valence electrons. The van der Waals surface area contributed by atoms with Gasteiger partial charge in [0, 0.05) is 6.42 Å². The molecule has 0 radical (unpaired) electrons. The summed E-state index contributed by atoms with van der Waals surface area (Å²) in [4.78, 5) is 15.7. The Morgan fingerprint density at radius 1 is 0.944 bits per heavy atom. The Kier molecular flexibility index (Phi) is 6.53. The van der Waals surface area contributed by atoms with Gasteiger partial charge in [-0.1, -0.05) is 78.5 Å². The van der Waals surface area contributed by atoms with Gasteiger partial charge in [0.25, 0.3) is 11.1 Å². The number of aromatic nitrogens is 2. The smallest absolute Gasteiger partial charge is 0.277 e. The predicted octanol–water partition coefficient (Wildman–Crippen LogP) is 5.29. The minimum atomic E-state index is -0.144. The molecule has 0 N–H and O–H groups in total. The normalized spacial score (nSPS) is 18.2. The van der Waals surface area contributed by atoms with Gasteiger partial charge in [-0.2, -0.15) is 5.10 Å². The number of benzene rings is 3. The van der Waals surface area contributed by atoms with Crippen LogP contribution in [0, 0.1) is 0 Å². The average molecular weight is 498 g/mol. The highest BCUT2D eigenvalue weighted by molar-refractivity contribution is 7.99. The number of carbonyl (C=O) groups is 1. The van der Waals surface area contributed by atoms with E-state index in [4.69, 9.17) is 9.52 Å². The van der Waals surface area contributed by atoms with Crippen molar-refractivity contribution in [2.75, 3.05) is 18.8 Å². The molecule has 4 aromatic rings. The van der Waals surface area contributed by atoms with Crippen molar-refractivity contribution in [3.63, 3.8) is 0 Å². The zero-order valence-electron chi connectivity index (χ0n) is 19.9. The first kappa shape index (κ1) is 22.9. The summed E-state index contributed by atoms with van der Waals surface area (Å²) < 4.78 is 5.79. The van der Waals surface area contributed by atoms with E-state index in [0.29, 0.717) is 24.1 Å². The van der Waals surface area contributed by atoms with Gasteiger partial charge in [-0.05, 0) is 53.9 Å². The van der Waals surface area contributed by atoms with Gasteiger partial charge in [0.15, 0.2) is 0 Å². The van der Waals surface area contributed by atoms with E-state index in [1.807, 2.05) is 30.3 Å². The van der Waals surface area contributed by atoms with E-state index >= 15 is 0 Å². The van der Waals surface area contributed by atoms with E-state index in [9.17, 15) is 4.79 Å². The van der Waals surface area contributed by atoms with E-state index < -0.39 is 0 Å². The molecule has 1 fully saturated rings. The fourth-order valence-electron chi connectivity index (χ4n) is 4.90. The molecule has 1 amide bonds. The summed E-state index contributed by atoms with van der Waals surface area (Å²) in [7, 11) is 0. The quantitative estimate of drug-likeness (QED) is 0.323. The van der Waals surface area contributed by atoms with Crippen LogP contribution in [0.2, 0.25) is 0 Å². The summed E-state index contributed by atoms with van der Waals surface area (Å²) in [6, 6.07) is 24.6. The van der Waals surface area contributed by atoms with Gasteiger partial charge in [-0.15, -0.1) is 10.2 Å². The third-order valence-electron chi connectivity index (χ3n) is 6.76. The first-order chi connectivity index (χ1) is 17.7. The van der Waals surface area contributed by atoms with Crippen LogP contribution in [-0.4, -0.2) is 50.6 Å². The van der Waals surface area contributed by atoms with Crippen molar-refractivity contribution in [2.45, 2.75) is 37.1 Å². The summed E-state index contributed by atoms with van der Waals surface area (Å²) in [5.74, 6) is 0.708. The Bertz CT molecular complexity index is 1400. The van der Waals surface area contributed by atoms with E-state index in [1.54, 1.807) is 5.01 Å². The standard InChI is InChI=1S/C28H27N5O2S/c34-27(19-36-28-30-29-26(35-28)18-32-14-6-7-15-32)33-25(21-9-2-1-3-10-21)17-24(31-33)23-13-12-20-8-4-5-11-22(20)16-23/h1-5,8-13,16,25H,6-7,14-15,17-19H2. The number of hydrazone groups is 1. The van der Waals surface area contributed by atoms with Gasteiger partial charge < -0.3 is 4.42 Å². The van der Waals surface area contributed by atoms with Crippen molar-refractivity contribution in [1.82, 2.24) is 20.1 Å². The molecular formula is C28H27N5O2S. The maximum atomic E-state index is 13.4. The minimum absolute atomic E-state index is 0.0797. The monoisotopic (exact) mass is 497 g/mol. The highest BCUT2D eigenvalue weighted by Crippen LogP contribution is 2.34. The second kappa shape index (κ2) is 10.2. The number of amides is 1. The second-order valence-corrected chi connectivity index (χ2v) is 10.1. The van der Waals surface area contributed by atoms with Gasteiger partial charge in [0.05, 0.1) is 24.1 Å². The van der Waals surface area contributed by atoms with Gasteiger partial charge >= 0.3 is 0 Å². The average Bonchev–Trinajstić information content (AvgIpc) is 3.69. The number of rotatable bonds is 7. The van der Waals surface area contributed by atoms with Crippen LogP contribution < -0.4 is 0 Å². The Balaban J connectivity index is 1.19. The van der Waals surface area contributed by atoms with E-state index in [0.717, 1.165) is 35.3 Å². The Morgan fingerprint density at radius 3 is 2.56 bits per heavy atom. The molecule has 1 aromatic heterocycles.